The Bertz CT molecular complexity index is 505. The standard InChI is InChI=1S/C11H16N4OS/c1-14(17)11(13)15-6-8(7-3-4-7)9(16-2)5-10(15)12/h5-7,12-13,17H,3-4H2,1-2H3. The molecule has 0 aliphatic heterocycles. The molecule has 0 unspecified atom stereocenters. The van der Waals surface area contributed by atoms with Gasteiger partial charge in [-0.15, -0.1) is 0 Å². The molecule has 2 N–H and O–H groups in total. The van der Waals surface area contributed by atoms with Gasteiger partial charge in [-0.1, -0.05) is 12.8 Å². The summed E-state index contributed by atoms with van der Waals surface area (Å²) in [7, 11) is 3.28. The average Bonchev–Trinajstić information content (AvgIpc) is 3.11. The Morgan fingerprint density at radius 2 is 2.24 bits per heavy atom. The molecule has 6 heteroatoms. The number of nitrogens with zero attached hydrogens (tertiary/aromatic N) is 2. The first-order chi connectivity index (χ1) is 8.04. The van der Waals surface area contributed by atoms with Gasteiger partial charge in [-0.25, -0.2) is 0 Å². The molecule has 92 valence electrons. The normalized spacial score (nSPS) is 14.5. The van der Waals surface area contributed by atoms with Crippen LogP contribution in [0.3, 0.4) is 0 Å². The minimum Gasteiger partial charge on any atom is -0.496 e. The van der Waals surface area contributed by atoms with Crippen LogP contribution in [0.15, 0.2) is 12.3 Å². The van der Waals surface area contributed by atoms with Crippen molar-refractivity contribution in [3.63, 3.8) is 0 Å². The smallest absolute Gasteiger partial charge is 0.213 e. The van der Waals surface area contributed by atoms with Crippen LogP contribution in [-0.2, 0) is 0 Å². The fourth-order valence-electron chi connectivity index (χ4n) is 1.76. The van der Waals surface area contributed by atoms with E-state index in [-0.39, 0.29) is 11.4 Å². The van der Waals surface area contributed by atoms with E-state index in [0.29, 0.717) is 5.92 Å². The second-order valence-corrected chi connectivity index (χ2v) is 4.77. The molecule has 0 saturated heterocycles. The highest BCUT2D eigenvalue weighted by Gasteiger charge is 2.27. The third-order valence-electron chi connectivity index (χ3n) is 2.85. The van der Waals surface area contributed by atoms with Crippen LogP contribution in [0.25, 0.3) is 0 Å². The van der Waals surface area contributed by atoms with E-state index in [2.05, 4.69) is 12.8 Å². The molecular formula is C11H16N4OS. The lowest BCUT2D eigenvalue weighted by atomic mass is 10.1. The van der Waals surface area contributed by atoms with Crippen molar-refractivity contribution < 1.29 is 4.74 Å². The van der Waals surface area contributed by atoms with Crippen molar-refractivity contribution in [3.8, 4) is 5.75 Å². The number of hydrogen-bond acceptors (Lipinski definition) is 4. The molecule has 1 fully saturated rings. The highest BCUT2D eigenvalue weighted by atomic mass is 32.1. The van der Waals surface area contributed by atoms with E-state index in [4.69, 9.17) is 15.6 Å². The average molecular weight is 252 g/mol. The molecule has 2 rings (SSSR count). The summed E-state index contributed by atoms with van der Waals surface area (Å²) >= 11 is 4.08. The summed E-state index contributed by atoms with van der Waals surface area (Å²) in [6.07, 6.45) is 4.11. The van der Waals surface area contributed by atoms with Crippen LogP contribution < -0.4 is 10.2 Å². The zero-order chi connectivity index (χ0) is 12.6. The van der Waals surface area contributed by atoms with Crippen molar-refractivity contribution >= 4 is 18.8 Å². The molecule has 1 aromatic heterocycles. The SMILES string of the molecule is COc1cc(=N)n(C(=N)N(C)S)cc1C1CC1. The first kappa shape index (κ1) is 12.0. The lowest BCUT2D eigenvalue weighted by Crippen LogP contribution is -2.33. The molecule has 1 saturated carbocycles. The van der Waals surface area contributed by atoms with E-state index in [9.17, 15) is 0 Å². The van der Waals surface area contributed by atoms with E-state index in [1.807, 2.05) is 6.20 Å². The second kappa shape index (κ2) is 4.44. The fraction of sp³-hybridized carbons (Fsp3) is 0.455. The zero-order valence-electron chi connectivity index (χ0n) is 9.90. The van der Waals surface area contributed by atoms with E-state index in [0.717, 1.165) is 24.2 Å². The van der Waals surface area contributed by atoms with Gasteiger partial charge < -0.3 is 4.74 Å². The second-order valence-electron chi connectivity index (χ2n) is 4.17. The summed E-state index contributed by atoms with van der Waals surface area (Å²) in [5.74, 6) is 1.40. The quantitative estimate of drug-likeness (QED) is 0.423. The number of nitrogens with one attached hydrogen (secondary N) is 2. The van der Waals surface area contributed by atoms with Crippen molar-refractivity contribution in [1.82, 2.24) is 8.87 Å². The Hall–Kier alpha value is -1.43. The number of aromatic nitrogens is 1. The Morgan fingerprint density at radius 1 is 1.59 bits per heavy atom. The lowest BCUT2D eigenvalue weighted by molar-refractivity contribution is 0.407. The highest BCUT2D eigenvalue weighted by Crippen LogP contribution is 2.43. The van der Waals surface area contributed by atoms with Gasteiger partial charge in [0, 0.05) is 24.9 Å². The third kappa shape index (κ3) is 2.31. The molecule has 17 heavy (non-hydrogen) atoms. The van der Waals surface area contributed by atoms with Gasteiger partial charge in [0.05, 0.1) is 7.11 Å². The number of methoxy groups -OCH3 is 1. The number of thiol groups is 1. The van der Waals surface area contributed by atoms with E-state index in [1.165, 1.54) is 8.87 Å². The summed E-state index contributed by atoms with van der Waals surface area (Å²) in [5.41, 5.74) is 1.29. The van der Waals surface area contributed by atoms with Crippen LogP contribution >= 0.6 is 12.8 Å². The summed E-state index contributed by atoms with van der Waals surface area (Å²) in [6.45, 7) is 0. The van der Waals surface area contributed by atoms with Crippen LogP contribution in [0.5, 0.6) is 5.75 Å². The van der Waals surface area contributed by atoms with E-state index in [1.54, 1.807) is 20.2 Å². The predicted octanol–water partition coefficient (Wildman–Crippen LogP) is 1.41. The minimum atomic E-state index is 0.155. The van der Waals surface area contributed by atoms with Gasteiger partial charge in [0.25, 0.3) is 0 Å². The molecule has 5 nitrogen and oxygen atoms in total. The number of hydrogen-bond donors (Lipinski definition) is 3. The van der Waals surface area contributed by atoms with Crippen molar-refractivity contribution in [2.45, 2.75) is 18.8 Å². The van der Waals surface area contributed by atoms with Gasteiger partial charge in [-0.3, -0.25) is 19.7 Å². The molecule has 1 aromatic rings. The molecule has 1 heterocycles. The van der Waals surface area contributed by atoms with Gasteiger partial charge in [-0.05, 0) is 18.8 Å². The molecule has 0 aromatic carbocycles. The Balaban J connectivity index is 2.50. The largest absolute Gasteiger partial charge is 0.496 e. The van der Waals surface area contributed by atoms with Gasteiger partial charge in [0.1, 0.15) is 11.2 Å². The highest BCUT2D eigenvalue weighted by molar-refractivity contribution is 7.78. The van der Waals surface area contributed by atoms with Crippen LogP contribution in [0.4, 0.5) is 0 Å². The molecule has 0 atom stereocenters. The Morgan fingerprint density at radius 3 is 2.71 bits per heavy atom. The molecule has 1 aliphatic carbocycles. The van der Waals surface area contributed by atoms with E-state index < -0.39 is 0 Å². The van der Waals surface area contributed by atoms with Crippen molar-refractivity contribution in [2.24, 2.45) is 0 Å². The molecule has 1 aliphatic rings. The first-order valence-corrected chi connectivity index (χ1v) is 5.81. The number of rotatable bonds is 2. The van der Waals surface area contributed by atoms with Crippen LogP contribution in [-0.4, -0.2) is 29.0 Å². The van der Waals surface area contributed by atoms with Crippen molar-refractivity contribution in [3.05, 3.63) is 23.3 Å². The van der Waals surface area contributed by atoms with Crippen LogP contribution in [0.1, 0.15) is 24.3 Å². The Kier molecular flexibility index (Phi) is 3.15. The fourth-order valence-corrected chi connectivity index (χ4v) is 1.85. The number of ether oxygens (including phenoxy) is 1. The monoisotopic (exact) mass is 252 g/mol. The summed E-state index contributed by atoms with van der Waals surface area (Å²) < 4.78 is 8.17. The van der Waals surface area contributed by atoms with Crippen molar-refractivity contribution in [1.29, 1.82) is 10.8 Å². The molecule has 0 bridgehead atoms. The van der Waals surface area contributed by atoms with Gasteiger partial charge in [0.15, 0.2) is 0 Å². The summed E-state index contributed by atoms with van der Waals surface area (Å²) in [5, 5.41) is 15.7. The summed E-state index contributed by atoms with van der Waals surface area (Å²) in [4.78, 5) is 0. The lowest BCUT2D eigenvalue weighted by Gasteiger charge is -2.17. The molecule has 0 amide bonds. The maximum Gasteiger partial charge on any atom is 0.213 e. The van der Waals surface area contributed by atoms with Crippen molar-refractivity contribution in [2.75, 3.05) is 14.2 Å². The predicted molar refractivity (Wildman–Crippen MR) is 68.7 cm³/mol. The maximum atomic E-state index is 7.88. The molecule has 0 radical (unpaired) electrons. The van der Waals surface area contributed by atoms with Gasteiger partial charge in [0.2, 0.25) is 5.96 Å². The molecule has 0 spiro atoms. The zero-order valence-corrected chi connectivity index (χ0v) is 10.8. The molecular weight excluding hydrogens is 236 g/mol. The van der Waals surface area contributed by atoms with Gasteiger partial charge >= 0.3 is 0 Å². The Labute approximate surface area is 106 Å². The summed E-state index contributed by atoms with van der Waals surface area (Å²) in [6, 6.07) is 1.65. The number of pyridine rings is 1. The van der Waals surface area contributed by atoms with Crippen LogP contribution in [0.2, 0.25) is 0 Å². The minimum absolute atomic E-state index is 0.155. The van der Waals surface area contributed by atoms with Crippen LogP contribution in [0, 0.1) is 10.8 Å². The van der Waals surface area contributed by atoms with E-state index >= 15 is 0 Å². The third-order valence-corrected chi connectivity index (χ3v) is 3.04. The first-order valence-electron chi connectivity index (χ1n) is 5.41. The van der Waals surface area contributed by atoms with Gasteiger partial charge in [-0.2, -0.15) is 0 Å². The topological polar surface area (TPSA) is 65.1 Å². The maximum absolute atomic E-state index is 7.88.